The minimum absolute atomic E-state index is 1.09. The minimum atomic E-state index is 1.09. The van der Waals surface area contributed by atoms with Crippen molar-refractivity contribution in [1.82, 2.24) is 5.32 Å². The maximum atomic E-state index is 3.37. The van der Waals surface area contributed by atoms with Crippen LogP contribution in [0.3, 0.4) is 0 Å². The van der Waals surface area contributed by atoms with Crippen LogP contribution in [0.25, 0.3) is 10.1 Å². The van der Waals surface area contributed by atoms with Gasteiger partial charge in [0, 0.05) is 4.70 Å². The van der Waals surface area contributed by atoms with Gasteiger partial charge < -0.3 is 5.32 Å². The fraction of sp³-hybridized carbons (Fsp3) is 0.467. The summed E-state index contributed by atoms with van der Waals surface area (Å²) >= 11 is 1.87. The molecule has 92 valence electrons. The van der Waals surface area contributed by atoms with Gasteiger partial charge in [0.05, 0.1) is 0 Å². The van der Waals surface area contributed by atoms with Crippen molar-refractivity contribution in [2.45, 2.75) is 32.6 Å². The molecule has 1 nitrogen and oxygen atoms in total. The first-order chi connectivity index (χ1) is 8.42. The number of thiophene rings is 1. The lowest BCUT2D eigenvalue weighted by atomic mass is 10.1. The number of rotatable bonds is 7. The highest BCUT2D eigenvalue weighted by Crippen LogP contribution is 2.26. The van der Waals surface area contributed by atoms with Gasteiger partial charge in [0.15, 0.2) is 0 Å². The summed E-state index contributed by atoms with van der Waals surface area (Å²) in [4.78, 5) is 0. The molecule has 17 heavy (non-hydrogen) atoms. The van der Waals surface area contributed by atoms with Crippen molar-refractivity contribution < 1.29 is 0 Å². The summed E-state index contributed by atoms with van der Waals surface area (Å²) in [7, 11) is 0. The smallest absolute Gasteiger partial charge is 0.0345 e. The van der Waals surface area contributed by atoms with E-state index in [2.05, 4.69) is 41.9 Å². The molecule has 0 saturated carbocycles. The average molecular weight is 247 g/mol. The molecule has 0 aliphatic carbocycles. The number of hydrogen-bond donors (Lipinski definition) is 1. The first-order valence-electron chi connectivity index (χ1n) is 6.57. The van der Waals surface area contributed by atoms with Gasteiger partial charge in [0.2, 0.25) is 0 Å². The Morgan fingerprint density at radius 3 is 2.88 bits per heavy atom. The molecule has 0 saturated heterocycles. The van der Waals surface area contributed by atoms with E-state index in [-0.39, 0.29) is 0 Å². The number of fused-ring (bicyclic) bond motifs is 1. The molecule has 1 heterocycles. The van der Waals surface area contributed by atoms with Crippen molar-refractivity contribution in [3.8, 4) is 0 Å². The lowest BCUT2D eigenvalue weighted by molar-refractivity contribution is 0.617. The van der Waals surface area contributed by atoms with Crippen molar-refractivity contribution in [3.05, 3.63) is 35.2 Å². The molecule has 1 N–H and O–H groups in total. The Labute approximate surface area is 108 Å². The molecule has 0 atom stereocenters. The summed E-state index contributed by atoms with van der Waals surface area (Å²) in [6, 6.07) is 8.73. The molecule has 0 aliphatic heterocycles. The summed E-state index contributed by atoms with van der Waals surface area (Å²) in [6.07, 6.45) is 5.18. The van der Waals surface area contributed by atoms with Crippen molar-refractivity contribution in [3.63, 3.8) is 0 Å². The number of hydrogen-bond acceptors (Lipinski definition) is 2. The highest BCUT2D eigenvalue weighted by atomic mass is 32.1. The van der Waals surface area contributed by atoms with Crippen LogP contribution < -0.4 is 5.32 Å². The van der Waals surface area contributed by atoms with Gasteiger partial charge >= 0.3 is 0 Å². The Bertz CT molecular complexity index is 447. The molecule has 0 spiro atoms. The van der Waals surface area contributed by atoms with E-state index >= 15 is 0 Å². The van der Waals surface area contributed by atoms with Gasteiger partial charge in [-0.2, -0.15) is 0 Å². The van der Waals surface area contributed by atoms with E-state index < -0.39 is 0 Å². The van der Waals surface area contributed by atoms with Gasteiger partial charge in [0.1, 0.15) is 0 Å². The number of nitrogens with one attached hydrogen (secondary N) is 1. The molecule has 2 rings (SSSR count). The average Bonchev–Trinajstić information content (AvgIpc) is 2.77. The molecule has 0 aliphatic rings. The Kier molecular flexibility index (Phi) is 5.02. The monoisotopic (exact) mass is 247 g/mol. The summed E-state index contributed by atoms with van der Waals surface area (Å²) in [5.74, 6) is 0. The van der Waals surface area contributed by atoms with Crippen LogP contribution in [0, 0.1) is 0 Å². The van der Waals surface area contributed by atoms with Crippen molar-refractivity contribution in [1.29, 1.82) is 0 Å². The van der Waals surface area contributed by atoms with E-state index in [0.717, 1.165) is 6.54 Å². The topological polar surface area (TPSA) is 12.0 Å². The molecule has 2 heteroatoms. The van der Waals surface area contributed by atoms with Crippen LogP contribution in [-0.2, 0) is 6.42 Å². The second-order valence-electron chi connectivity index (χ2n) is 4.42. The minimum Gasteiger partial charge on any atom is -0.317 e. The summed E-state index contributed by atoms with van der Waals surface area (Å²) in [6.45, 7) is 4.42. The second-order valence-corrected chi connectivity index (χ2v) is 5.33. The predicted octanol–water partition coefficient (Wildman–Crippen LogP) is 4.22. The molecule has 1 aromatic heterocycles. The van der Waals surface area contributed by atoms with Crippen LogP contribution in [0.15, 0.2) is 29.6 Å². The molecular weight excluding hydrogens is 226 g/mol. The number of benzene rings is 1. The first kappa shape index (κ1) is 12.6. The molecule has 0 bridgehead atoms. The Hall–Kier alpha value is -0.860. The van der Waals surface area contributed by atoms with Crippen molar-refractivity contribution >= 4 is 21.4 Å². The van der Waals surface area contributed by atoms with Crippen LogP contribution in [0.1, 0.15) is 31.7 Å². The zero-order chi connectivity index (χ0) is 11.9. The van der Waals surface area contributed by atoms with E-state index in [4.69, 9.17) is 0 Å². The van der Waals surface area contributed by atoms with E-state index in [1.54, 1.807) is 0 Å². The third-order valence-electron chi connectivity index (χ3n) is 3.11. The number of aryl methyl sites for hydroxylation is 1. The zero-order valence-electron chi connectivity index (χ0n) is 10.5. The Morgan fingerprint density at radius 2 is 2.00 bits per heavy atom. The fourth-order valence-electron chi connectivity index (χ4n) is 2.15. The van der Waals surface area contributed by atoms with Crippen LogP contribution in [0.2, 0.25) is 0 Å². The van der Waals surface area contributed by atoms with Gasteiger partial charge in [0.25, 0.3) is 0 Å². The lowest BCUT2D eigenvalue weighted by Gasteiger charge is -2.02. The fourth-order valence-corrected chi connectivity index (χ4v) is 3.14. The standard InChI is InChI=1S/C15H21NS/c1-2-16-11-7-3-4-8-13-12-17-15-10-6-5-9-14(13)15/h5-6,9-10,12,16H,2-4,7-8,11H2,1H3. The summed E-state index contributed by atoms with van der Waals surface area (Å²) in [5, 5.41) is 7.16. The zero-order valence-corrected chi connectivity index (χ0v) is 11.4. The van der Waals surface area contributed by atoms with E-state index in [9.17, 15) is 0 Å². The van der Waals surface area contributed by atoms with Crippen LogP contribution in [0.4, 0.5) is 0 Å². The van der Waals surface area contributed by atoms with Gasteiger partial charge in [-0.15, -0.1) is 11.3 Å². The van der Waals surface area contributed by atoms with Gasteiger partial charge in [-0.25, -0.2) is 0 Å². The third-order valence-corrected chi connectivity index (χ3v) is 4.12. The Morgan fingerprint density at radius 1 is 1.12 bits per heavy atom. The van der Waals surface area contributed by atoms with Gasteiger partial charge in [-0.1, -0.05) is 31.5 Å². The van der Waals surface area contributed by atoms with E-state index in [0.29, 0.717) is 0 Å². The molecule has 0 unspecified atom stereocenters. The first-order valence-corrected chi connectivity index (χ1v) is 7.45. The molecule has 1 aromatic carbocycles. The maximum Gasteiger partial charge on any atom is 0.0345 e. The summed E-state index contributed by atoms with van der Waals surface area (Å²) in [5.41, 5.74) is 1.54. The van der Waals surface area contributed by atoms with E-state index in [1.807, 2.05) is 11.3 Å². The third kappa shape index (κ3) is 3.55. The number of unbranched alkanes of at least 4 members (excludes halogenated alkanes) is 2. The van der Waals surface area contributed by atoms with Gasteiger partial charge in [-0.3, -0.25) is 0 Å². The Balaban J connectivity index is 1.79. The second kappa shape index (κ2) is 6.77. The summed E-state index contributed by atoms with van der Waals surface area (Å²) < 4.78 is 1.43. The maximum absolute atomic E-state index is 3.37. The highest BCUT2D eigenvalue weighted by molar-refractivity contribution is 7.17. The van der Waals surface area contributed by atoms with Crippen molar-refractivity contribution in [2.24, 2.45) is 0 Å². The highest BCUT2D eigenvalue weighted by Gasteiger charge is 2.02. The predicted molar refractivity (Wildman–Crippen MR) is 77.9 cm³/mol. The van der Waals surface area contributed by atoms with E-state index in [1.165, 1.54) is 47.9 Å². The normalized spacial score (nSPS) is 11.1. The van der Waals surface area contributed by atoms with Crippen LogP contribution >= 0.6 is 11.3 Å². The van der Waals surface area contributed by atoms with Crippen LogP contribution in [-0.4, -0.2) is 13.1 Å². The SMILES string of the molecule is CCNCCCCCc1csc2ccccc12. The van der Waals surface area contributed by atoms with Gasteiger partial charge in [-0.05, 0) is 54.7 Å². The quantitative estimate of drug-likeness (QED) is 0.722. The molecule has 0 amide bonds. The molecular formula is C15H21NS. The largest absolute Gasteiger partial charge is 0.317 e. The molecule has 2 aromatic rings. The lowest BCUT2D eigenvalue weighted by Crippen LogP contribution is -2.13. The van der Waals surface area contributed by atoms with Crippen LogP contribution in [0.5, 0.6) is 0 Å². The van der Waals surface area contributed by atoms with Crippen molar-refractivity contribution in [2.75, 3.05) is 13.1 Å². The molecule has 0 radical (unpaired) electrons. The molecule has 0 fully saturated rings.